The summed E-state index contributed by atoms with van der Waals surface area (Å²) in [6, 6.07) is 7.13. The van der Waals surface area contributed by atoms with Gasteiger partial charge in [-0.3, -0.25) is 0 Å². The molecule has 0 saturated carbocycles. The number of halogens is 1. The van der Waals surface area contributed by atoms with Gasteiger partial charge in [0.2, 0.25) is 0 Å². The third-order valence-corrected chi connectivity index (χ3v) is 4.31. The fourth-order valence-corrected chi connectivity index (χ4v) is 3.14. The highest BCUT2D eigenvalue weighted by molar-refractivity contribution is 9.10. The van der Waals surface area contributed by atoms with E-state index >= 15 is 0 Å². The minimum atomic E-state index is 0.534. The fourth-order valence-electron chi connectivity index (χ4n) is 2.43. The molecule has 0 aliphatic carbocycles. The van der Waals surface area contributed by atoms with Gasteiger partial charge < -0.3 is 15.0 Å². The van der Waals surface area contributed by atoms with Crippen LogP contribution >= 0.6 is 15.9 Å². The van der Waals surface area contributed by atoms with Crippen LogP contribution < -0.4 is 10.2 Å². The van der Waals surface area contributed by atoms with Gasteiger partial charge in [0.05, 0.1) is 12.3 Å². The third kappa shape index (κ3) is 6.37. The monoisotopic (exact) mass is 356 g/mol. The van der Waals surface area contributed by atoms with Crippen molar-refractivity contribution in [2.45, 2.75) is 39.8 Å². The summed E-state index contributed by atoms with van der Waals surface area (Å²) in [5.41, 5.74) is 2.54. The van der Waals surface area contributed by atoms with Crippen LogP contribution in [0, 0.1) is 5.92 Å². The van der Waals surface area contributed by atoms with Gasteiger partial charge in [0.15, 0.2) is 0 Å². The molecular formula is C17H29BrN2O. The topological polar surface area (TPSA) is 24.5 Å². The lowest BCUT2D eigenvalue weighted by Gasteiger charge is -2.29. The molecule has 21 heavy (non-hydrogen) atoms. The number of anilines is 1. The number of rotatable bonds is 9. The van der Waals surface area contributed by atoms with Gasteiger partial charge >= 0.3 is 0 Å². The number of ether oxygens (including phenoxy) is 1. The van der Waals surface area contributed by atoms with E-state index in [9.17, 15) is 0 Å². The summed E-state index contributed by atoms with van der Waals surface area (Å²) < 4.78 is 6.19. The van der Waals surface area contributed by atoms with E-state index in [2.05, 4.69) is 72.2 Å². The molecule has 0 spiro atoms. The van der Waals surface area contributed by atoms with Gasteiger partial charge in [-0.2, -0.15) is 0 Å². The predicted molar refractivity (Wildman–Crippen MR) is 95.0 cm³/mol. The summed E-state index contributed by atoms with van der Waals surface area (Å²) >= 11 is 3.71. The zero-order chi connectivity index (χ0) is 15.8. The first-order chi connectivity index (χ1) is 9.95. The predicted octanol–water partition coefficient (Wildman–Crippen LogP) is 4.06. The molecule has 0 radical (unpaired) electrons. The van der Waals surface area contributed by atoms with Crippen LogP contribution in [0.25, 0.3) is 0 Å². The summed E-state index contributed by atoms with van der Waals surface area (Å²) in [6.07, 6.45) is 1.20. The van der Waals surface area contributed by atoms with Crippen molar-refractivity contribution in [3.63, 3.8) is 0 Å². The van der Waals surface area contributed by atoms with Gasteiger partial charge in [0.1, 0.15) is 0 Å². The van der Waals surface area contributed by atoms with E-state index < -0.39 is 0 Å². The number of nitrogens with one attached hydrogen (secondary N) is 1. The molecule has 1 unspecified atom stereocenters. The van der Waals surface area contributed by atoms with Crippen molar-refractivity contribution >= 4 is 21.6 Å². The molecular weight excluding hydrogens is 328 g/mol. The summed E-state index contributed by atoms with van der Waals surface area (Å²) in [7, 11) is 3.89. The molecule has 4 heteroatoms. The van der Waals surface area contributed by atoms with Crippen molar-refractivity contribution in [2.75, 3.05) is 32.2 Å². The van der Waals surface area contributed by atoms with Crippen LogP contribution in [0.4, 0.5) is 5.69 Å². The van der Waals surface area contributed by atoms with Crippen molar-refractivity contribution in [1.82, 2.24) is 5.32 Å². The van der Waals surface area contributed by atoms with E-state index in [1.54, 1.807) is 7.11 Å². The Kier molecular flexibility index (Phi) is 8.30. The Bertz CT molecular complexity index is 423. The highest BCUT2D eigenvalue weighted by Gasteiger charge is 2.14. The molecule has 0 amide bonds. The second-order valence-electron chi connectivity index (χ2n) is 6.04. The molecule has 3 nitrogen and oxygen atoms in total. The Morgan fingerprint density at radius 1 is 1.29 bits per heavy atom. The lowest BCUT2D eigenvalue weighted by molar-refractivity contribution is 0.199. The van der Waals surface area contributed by atoms with Gasteiger partial charge in [-0.05, 0) is 52.9 Å². The van der Waals surface area contributed by atoms with Gasteiger partial charge in [-0.25, -0.2) is 0 Å². The van der Waals surface area contributed by atoms with Gasteiger partial charge in [0.25, 0.3) is 0 Å². The van der Waals surface area contributed by atoms with Crippen molar-refractivity contribution in [3.8, 4) is 0 Å². The van der Waals surface area contributed by atoms with Crippen molar-refractivity contribution in [1.29, 1.82) is 0 Å². The number of benzene rings is 1. The molecule has 1 N–H and O–H groups in total. The molecule has 0 aliphatic rings. The summed E-state index contributed by atoms with van der Waals surface area (Å²) in [4.78, 5) is 2.35. The summed E-state index contributed by atoms with van der Waals surface area (Å²) in [5.74, 6) is 0.713. The Balaban J connectivity index is 2.64. The van der Waals surface area contributed by atoms with Crippen LogP contribution in [0.5, 0.6) is 0 Å². The molecule has 1 aromatic rings. The van der Waals surface area contributed by atoms with Crippen LogP contribution in [0.3, 0.4) is 0 Å². The van der Waals surface area contributed by atoms with Crippen LogP contribution in [0.1, 0.15) is 32.8 Å². The first-order valence-electron chi connectivity index (χ1n) is 7.66. The summed E-state index contributed by atoms with van der Waals surface area (Å²) in [6.45, 7) is 9.32. The molecule has 0 heterocycles. The van der Waals surface area contributed by atoms with E-state index in [1.807, 2.05) is 0 Å². The molecule has 0 saturated heterocycles. The van der Waals surface area contributed by atoms with E-state index in [0.29, 0.717) is 12.0 Å². The second-order valence-corrected chi connectivity index (χ2v) is 6.90. The maximum absolute atomic E-state index is 5.03. The Morgan fingerprint density at radius 3 is 2.57 bits per heavy atom. The SMILES string of the molecule is COCCNCc1ccc(N(C)C(C)CC(C)C)c(Br)c1. The molecule has 0 bridgehead atoms. The average molecular weight is 357 g/mol. The number of hydrogen-bond acceptors (Lipinski definition) is 3. The van der Waals surface area contributed by atoms with Crippen molar-refractivity contribution in [2.24, 2.45) is 5.92 Å². The van der Waals surface area contributed by atoms with E-state index in [4.69, 9.17) is 4.74 Å². The lowest BCUT2D eigenvalue weighted by Crippen LogP contribution is -2.30. The molecule has 1 rings (SSSR count). The third-order valence-electron chi connectivity index (χ3n) is 3.68. The highest BCUT2D eigenvalue weighted by atomic mass is 79.9. The molecule has 0 aliphatic heterocycles. The van der Waals surface area contributed by atoms with Crippen molar-refractivity contribution < 1.29 is 4.74 Å². The van der Waals surface area contributed by atoms with E-state index in [0.717, 1.165) is 24.2 Å². The largest absolute Gasteiger partial charge is 0.383 e. The normalized spacial score (nSPS) is 12.7. The van der Waals surface area contributed by atoms with Crippen LogP contribution in [-0.2, 0) is 11.3 Å². The Morgan fingerprint density at radius 2 is 2.00 bits per heavy atom. The van der Waals surface area contributed by atoms with Gasteiger partial charge in [-0.1, -0.05) is 19.9 Å². The van der Waals surface area contributed by atoms with Crippen LogP contribution in [0.15, 0.2) is 22.7 Å². The minimum Gasteiger partial charge on any atom is -0.383 e. The minimum absolute atomic E-state index is 0.534. The molecule has 0 aromatic heterocycles. The molecule has 1 atom stereocenters. The quantitative estimate of drug-likeness (QED) is 0.675. The average Bonchev–Trinajstić information content (AvgIpc) is 2.42. The fraction of sp³-hybridized carbons (Fsp3) is 0.647. The first-order valence-corrected chi connectivity index (χ1v) is 8.46. The molecule has 0 fully saturated rings. The van der Waals surface area contributed by atoms with Crippen LogP contribution in [-0.4, -0.2) is 33.4 Å². The Hall–Kier alpha value is -0.580. The summed E-state index contributed by atoms with van der Waals surface area (Å²) in [5, 5.41) is 3.37. The zero-order valence-electron chi connectivity index (χ0n) is 13.9. The second kappa shape index (κ2) is 9.44. The lowest BCUT2D eigenvalue weighted by atomic mass is 10.0. The van der Waals surface area contributed by atoms with Gasteiger partial charge in [0, 0.05) is 37.8 Å². The maximum atomic E-state index is 5.03. The molecule has 1 aromatic carbocycles. The van der Waals surface area contributed by atoms with E-state index in [-0.39, 0.29) is 0 Å². The number of nitrogens with zero attached hydrogens (tertiary/aromatic N) is 1. The maximum Gasteiger partial charge on any atom is 0.0587 e. The standard InChI is InChI=1S/C17H29BrN2O/c1-13(2)10-14(3)20(4)17-7-6-15(11-16(17)18)12-19-8-9-21-5/h6-7,11,13-14,19H,8-10,12H2,1-5H3. The first kappa shape index (κ1) is 18.5. The zero-order valence-corrected chi connectivity index (χ0v) is 15.5. The van der Waals surface area contributed by atoms with E-state index in [1.165, 1.54) is 17.7 Å². The Labute approximate surface area is 138 Å². The van der Waals surface area contributed by atoms with Gasteiger partial charge in [-0.15, -0.1) is 0 Å². The number of methoxy groups -OCH3 is 1. The van der Waals surface area contributed by atoms with Crippen LogP contribution in [0.2, 0.25) is 0 Å². The van der Waals surface area contributed by atoms with Crippen molar-refractivity contribution in [3.05, 3.63) is 28.2 Å². The number of hydrogen-bond donors (Lipinski definition) is 1. The smallest absolute Gasteiger partial charge is 0.0587 e. The molecule has 120 valence electrons. The highest BCUT2D eigenvalue weighted by Crippen LogP contribution is 2.29.